The summed E-state index contributed by atoms with van der Waals surface area (Å²) in [5, 5.41) is 12.5. The van der Waals surface area contributed by atoms with Gasteiger partial charge < -0.3 is 19.9 Å². The Bertz CT molecular complexity index is 432. The number of ether oxygens (including phenoxy) is 2. The second-order valence-corrected chi connectivity index (χ2v) is 5.11. The van der Waals surface area contributed by atoms with Crippen LogP contribution >= 0.6 is 0 Å². The quantitative estimate of drug-likeness (QED) is 0.824. The minimum Gasteiger partial charge on any atom is -0.494 e. The Morgan fingerprint density at radius 1 is 1.53 bits per heavy atom. The highest BCUT2D eigenvalue weighted by atomic mass is 16.5. The predicted octanol–water partition coefficient (Wildman–Crippen LogP) is 1.88. The molecule has 2 N–H and O–H groups in total. The summed E-state index contributed by atoms with van der Waals surface area (Å²) in [5.74, 6) is 1.88. The molecular formula is C15H23NO3. The van der Waals surface area contributed by atoms with Gasteiger partial charge in [-0.15, -0.1) is 0 Å². The second kappa shape index (κ2) is 6.26. The van der Waals surface area contributed by atoms with Crippen LogP contribution in [0.2, 0.25) is 0 Å². The average molecular weight is 265 g/mol. The molecule has 0 spiro atoms. The zero-order chi connectivity index (χ0) is 13.8. The van der Waals surface area contributed by atoms with Gasteiger partial charge in [-0.25, -0.2) is 0 Å². The summed E-state index contributed by atoms with van der Waals surface area (Å²) in [6.07, 6.45) is 0.836. The summed E-state index contributed by atoms with van der Waals surface area (Å²) >= 11 is 0. The van der Waals surface area contributed by atoms with Crippen LogP contribution in [0.5, 0.6) is 11.5 Å². The lowest BCUT2D eigenvalue weighted by molar-refractivity contribution is 0.190. The highest BCUT2D eigenvalue weighted by molar-refractivity contribution is 5.48. The van der Waals surface area contributed by atoms with E-state index in [9.17, 15) is 5.11 Å². The molecule has 1 aromatic carbocycles. The van der Waals surface area contributed by atoms with E-state index >= 15 is 0 Å². The van der Waals surface area contributed by atoms with E-state index in [2.05, 4.69) is 24.4 Å². The van der Waals surface area contributed by atoms with E-state index in [4.69, 9.17) is 9.47 Å². The number of rotatable bonds is 6. The van der Waals surface area contributed by atoms with E-state index in [0.29, 0.717) is 19.7 Å². The van der Waals surface area contributed by atoms with Crippen molar-refractivity contribution in [3.8, 4) is 11.5 Å². The van der Waals surface area contributed by atoms with Crippen LogP contribution in [0.15, 0.2) is 12.1 Å². The van der Waals surface area contributed by atoms with E-state index in [0.717, 1.165) is 23.5 Å². The summed E-state index contributed by atoms with van der Waals surface area (Å²) < 4.78 is 11.5. The lowest BCUT2D eigenvalue weighted by Gasteiger charge is -2.14. The molecule has 4 nitrogen and oxygen atoms in total. The summed E-state index contributed by atoms with van der Waals surface area (Å²) in [4.78, 5) is 0. The zero-order valence-electron chi connectivity index (χ0n) is 11.9. The molecule has 1 aliphatic rings. The minimum absolute atomic E-state index is 0.241. The monoisotopic (exact) mass is 265 g/mol. The lowest BCUT2D eigenvalue weighted by atomic mass is 10.1. The molecule has 1 aromatic rings. The summed E-state index contributed by atoms with van der Waals surface area (Å²) in [6.45, 7) is 7.72. The molecule has 1 heterocycles. The van der Waals surface area contributed by atoms with Crippen molar-refractivity contribution in [2.75, 3.05) is 13.2 Å². The van der Waals surface area contributed by atoms with Crippen LogP contribution in [0.25, 0.3) is 0 Å². The number of aliphatic hydroxyl groups is 1. The van der Waals surface area contributed by atoms with Gasteiger partial charge in [-0.2, -0.15) is 0 Å². The van der Waals surface area contributed by atoms with Gasteiger partial charge in [0.05, 0.1) is 12.7 Å². The van der Waals surface area contributed by atoms with Crippen LogP contribution in [0, 0.1) is 0 Å². The maximum absolute atomic E-state index is 9.27. The first-order chi connectivity index (χ1) is 9.10. The molecule has 1 aliphatic heterocycles. The topological polar surface area (TPSA) is 50.7 Å². The number of benzene rings is 1. The Kier molecular flexibility index (Phi) is 4.66. The van der Waals surface area contributed by atoms with Crippen molar-refractivity contribution in [3.63, 3.8) is 0 Å². The van der Waals surface area contributed by atoms with Crippen molar-refractivity contribution in [2.24, 2.45) is 0 Å². The van der Waals surface area contributed by atoms with Crippen LogP contribution in [0.1, 0.15) is 31.9 Å². The fourth-order valence-electron chi connectivity index (χ4n) is 2.33. The first-order valence-corrected chi connectivity index (χ1v) is 6.94. The van der Waals surface area contributed by atoms with Gasteiger partial charge >= 0.3 is 0 Å². The number of hydrogen-bond acceptors (Lipinski definition) is 4. The fraction of sp³-hybridized carbons (Fsp3) is 0.600. The van der Waals surface area contributed by atoms with Crippen molar-refractivity contribution in [3.05, 3.63) is 23.3 Å². The van der Waals surface area contributed by atoms with Crippen molar-refractivity contribution in [2.45, 2.75) is 45.9 Å². The fourth-order valence-corrected chi connectivity index (χ4v) is 2.33. The maximum Gasteiger partial charge on any atom is 0.124 e. The number of fused-ring (bicyclic) bond motifs is 1. The molecule has 0 radical (unpaired) electrons. The normalized spacial score (nSPS) is 18.8. The molecule has 19 heavy (non-hydrogen) atoms. The van der Waals surface area contributed by atoms with Crippen LogP contribution in [-0.2, 0) is 13.0 Å². The summed E-state index contributed by atoms with van der Waals surface area (Å²) in [6, 6.07) is 4.14. The molecule has 0 saturated carbocycles. The first-order valence-electron chi connectivity index (χ1n) is 6.94. The van der Waals surface area contributed by atoms with Gasteiger partial charge in [-0.1, -0.05) is 0 Å². The third kappa shape index (κ3) is 3.61. The molecule has 0 unspecified atom stereocenters. The van der Waals surface area contributed by atoms with Crippen LogP contribution in [0.4, 0.5) is 0 Å². The Labute approximate surface area is 114 Å². The van der Waals surface area contributed by atoms with Crippen LogP contribution in [0.3, 0.4) is 0 Å². The summed E-state index contributed by atoms with van der Waals surface area (Å²) in [5.41, 5.74) is 2.30. The molecule has 0 aliphatic carbocycles. The van der Waals surface area contributed by atoms with Crippen molar-refractivity contribution >= 4 is 0 Å². The van der Waals surface area contributed by atoms with Crippen LogP contribution < -0.4 is 14.8 Å². The van der Waals surface area contributed by atoms with Gasteiger partial charge in [0.25, 0.3) is 0 Å². The zero-order valence-corrected chi connectivity index (χ0v) is 11.9. The van der Waals surface area contributed by atoms with Crippen LogP contribution in [-0.4, -0.2) is 30.5 Å². The van der Waals surface area contributed by atoms with E-state index in [1.807, 2.05) is 6.92 Å². The van der Waals surface area contributed by atoms with E-state index in [1.54, 1.807) is 6.92 Å². The third-order valence-electron chi connectivity index (χ3n) is 3.13. The molecule has 0 fully saturated rings. The third-order valence-corrected chi connectivity index (χ3v) is 3.13. The average Bonchev–Trinajstić information content (AvgIpc) is 2.68. The smallest absolute Gasteiger partial charge is 0.124 e. The highest BCUT2D eigenvalue weighted by Gasteiger charge is 2.21. The molecular weight excluding hydrogens is 242 g/mol. The van der Waals surface area contributed by atoms with Gasteiger partial charge in [0.2, 0.25) is 0 Å². The largest absolute Gasteiger partial charge is 0.494 e. The standard InChI is InChI=1S/C15H23NO3/c1-4-18-14-6-12-5-11(3)19-15(12)7-13(14)9-16-8-10(2)17/h6-7,10-11,16-17H,4-5,8-9H2,1-3H3/t10-,11+/m1/s1. The van der Waals surface area contributed by atoms with Gasteiger partial charge in [0.15, 0.2) is 0 Å². The summed E-state index contributed by atoms with van der Waals surface area (Å²) in [7, 11) is 0. The number of hydrogen-bond donors (Lipinski definition) is 2. The molecule has 4 heteroatoms. The number of nitrogens with one attached hydrogen (secondary N) is 1. The molecule has 2 rings (SSSR count). The van der Waals surface area contributed by atoms with Gasteiger partial charge in [-0.3, -0.25) is 0 Å². The van der Waals surface area contributed by atoms with E-state index in [1.165, 1.54) is 5.56 Å². The highest BCUT2D eigenvalue weighted by Crippen LogP contribution is 2.35. The minimum atomic E-state index is -0.346. The molecule has 106 valence electrons. The predicted molar refractivity (Wildman–Crippen MR) is 74.8 cm³/mol. The van der Waals surface area contributed by atoms with Gasteiger partial charge in [-0.05, 0) is 32.9 Å². The Balaban J connectivity index is 2.13. The number of aliphatic hydroxyl groups excluding tert-OH is 1. The van der Waals surface area contributed by atoms with Gasteiger partial charge in [0, 0.05) is 30.6 Å². The van der Waals surface area contributed by atoms with E-state index < -0.39 is 0 Å². The Hall–Kier alpha value is -1.26. The Morgan fingerprint density at radius 2 is 2.32 bits per heavy atom. The molecule has 0 amide bonds. The van der Waals surface area contributed by atoms with Crippen molar-refractivity contribution in [1.29, 1.82) is 0 Å². The lowest BCUT2D eigenvalue weighted by Crippen LogP contribution is -2.24. The molecule has 0 bridgehead atoms. The second-order valence-electron chi connectivity index (χ2n) is 5.11. The maximum atomic E-state index is 9.27. The molecule has 2 atom stereocenters. The van der Waals surface area contributed by atoms with Crippen molar-refractivity contribution in [1.82, 2.24) is 5.32 Å². The molecule has 0 aromatic heterocycles. The molecule has 0 saturated heterocycles. The van der Waals surface area contributed by atoms with Crippen molar-refractivity contribution < 1.29 is 14.6 Å². The SMILES string of the molecule is CCOc1cc2c(cc1CNC[C@@H](C)O)O[C@@H](C)C2. The first kappa shape index (κ1) is 14.2. The van der Waals surface area contributed by atoms with Gasteiger partial charge in [0.1, 0.15) is 17.6 Å². The Morgan fingerprint density at radius 3 is 3.00 bits per heavy atom. The van der Waals surface area contributed by atoms with E-state index in [-0.39, 0.29) is 12.2 Å².